The van der Waals surface area contributed by atoms with E-state index in [0.717, 1.165) is 13.1 Å². The molecule has 1 aliphatic heterocycles. The molecule has 6 nitrogen and oxygen atoms in total. The minimum Gasteiger partial charge on any atom is -0.485 e. The molecular weight excluding hydrogens is 342 g/mol. The first-order valence-electron chi connectivity index (χ1n) is 9.04. The molecule has 0 fully saturated rings. The van der Waals surface area contributed by atoms with Crippen LogP contribution in [0, 0.1) is 10.1 Å². The fourth-order valence-electron chi connectivity index (χ4n) is 3.69. The van der Waals surface area contributed by atoms with E-state index in [1.165, 1.54) is 17.3 Å². The van der Waals surface area contributed by atoms with Crippen LogP contribution < -0.4 is 4.74 Å². The van der Waals surface area contributed by atoms with E-state index >= 15 is 0 Å². The largest absolute Gasteiger partial charge is 0.485 e. The molecule has 0 N–H and O–H groups in total. The summed E-state index contributed by atoms with van der Waals surface area (Å²) in [6.45, 7) is 2.92. The van der Waals surface area contributed by atoms with Crippen LogP contribution in [0.25, 0.3) is 0 Å². The molecular formula is C21H21N3O3. The smallest absolute Gasteiger partial charge is 0.310 e. The van der Waals surface area contributed by atoms with Crippen molar-refractivity contribution in [2.24, 2.45) is 0 Å². The summed E-state index contributed by atoms with van der Waals surface area (Å²) in [6.07, 6.45) is 2.12. The summed E-state index contributed by atoms with van der Waals surface area (Å²) >= 11 is 0. The van der Waals surface area contributed by atoms with Crippen molar-refractivity contribution in [2.75, 3.05) is 19.7 Å². The number of aromatic nitrogens is 1. The number of hydrogen-bond donors (Lipinski definition) is 0. The molecule has 1 aliphatic rings. The fraction of sp³-hybridized carbons (Fsp3) is 0.238. The summed E-state index contributed by atoms with van der Waals surface area (Å²) in [4.78, 5) is 13.1. The van der Waals surface area contributed by atoms with Gasteiger partial charge in [-0.05, 0) is 23.8 Å². The Balaban J connectivity index is 1.51. The third kappa shape index (κ3) is 3.57. The van der Waals surface area contributed by atoms with Crippen LogP contribution in [0.1, 0.15) is 17.3 Å². The van der Waals surface area contributed by atoms with Crippen molar-refractivity contribution in [1.29, 1.82) is 0 Å². The van der Waals surface area contributed by atoms with Gasteiger partial charge >= 0.3 is 5.69 Å². The lowest BCUT2D eigenvalue weighted by atomic mass is 10.00. The van der Waals surface area contributed by atoms with Gasteiger partial charge < -0.3 is 9.30 Å². The van der Waals surface area contributed by atoms with Crippen molar-refractivity contribution in [1.82, 2.24) is 9.47 Å². The van der Waals surface area contributed by atoms with E-state index in [0.29, 0.717) is 18.9 Å². The summed E-state index contributed by atoms with van der Waals surface area (Å²) in [6, 6.07) is 21.3. The summed E-state index contributed by atoms with van der Waals surface area (Å²) < 4.78 is 8.05. The normalized spacial score (nSPS) is 16.7. The zero-order chi connectivity index (χ0) is 18.6. The average Bonchev–Trinajstić information content (AvgIpc) is 3.17. The monoisotopic (exact) mass is 363 g/mol. The number of fused-ring (bicyclic) bond motifs is 1. The highest BCUT2D eigenvalue weighted by molar-refractivity contribution is 5.45. The van der Waals surface area contributed by atoms with E-state index in [9.17, 15) is 10.1 Å². The van der Waals surface area contributed by atoms with Crippen LogP contribution in [0.15, 0.2) is 72.9 Å². The lowest BCUT2D eigenvalue weighted by molar-refractivity contribution is -0.385. The van der Waals surface area contributed by atoms with Gasteiger partial charge in [-0.2, -0.15) is 0 Å². The van der Waals surface area contributed by atoms with Gasteiger partial charge in [0.2, 0.25) is 0 Å². The standard InChI is InChI=1S/C21H21N3O3/c25-24(26)18-9-4-5-11-20(18)27-16-15-23-14-13-22-12-6-10-19(22)21(23)17-7-2-1-3-8-17/h1-12,21H,13-16H2. The van der Waals surface area contributed by atoms with Crippen molar-refractivity contribution >= 4 is 5.69 Å². The first-order chi connectivity index (χ1) is 13.2. The van der Waals surface area contributed by atoms with Crippen molar-refractivity contribution in [3.05, 3.63) is 94.3 Å². The summed E-state index contributed by atoms with van der Waals surface area (Å²) in [5.74, 6) is 0.319. The average molecular weight is 363 g/mol. The highest BCUT2D eigenvalue weighted by Gasteiger charge is 2.28. The minimum atomic E-state index is -0.407. The second kappa shape index (κ2) is 7.63. The van der Waals surface area contributed by atoms with Crippen molar-refractivity contribution < 1.29 is 9.66 Å². The second-order valence-corrected chi connectivity index (χ2v) is 6.55. The predicted molar refractivity (Wildman–Crippen MR) is 103 cm³/mol. The molecule has 2 heterocycles. The van der Waals surface area contributed by atoms with Crippen LogP contribution in [0.4, 0.5) is 5.69 Å². The SMILES string of the molecule is O=[N+]([O-])c1ccccc1OCCN1CCn2cccc2C1c1ccccc1. The highest BCUT2D eigenvalue weighted by atomic mass is 16.6. The quantitative estimate of drug-likeness (QED) is 0.493. The van der Waals surface area contributed by atoms with Crippen molar-refractivity contribution in [2.45, 2.75) is 12.6 Å². The molecule has 1 aromatic heterocycles. The number of rotatable bonds is 6. The number of nitro groups is 1. The molecule has 138 valence electrons. The Morgan fingerprint density at radius 2 is 1.78 bits per heavy atom. The molecule has 1 atom stereocenters. The molecule has 0 aliphatic carbocycles. The first-order valence-corrected chi connectivity index (χ1v) is 9.04. The fourth-order valence-corrected chi connectivity index (χ4v) is 3.69. The van der Waals surface area contributed by atoms with Gasteiger partial charge in [0.15, 0.2) is 5.75 Å². The zero-order valence-electron chi connectivity index (χ0n) is 14.9. The Labute approximate surface area is 157 Å². The Morgan fingerprint density at radius 3 is 2.59 bits per heavy atom. The molecule has 0 saturated heterocycles. The molecule has 3 aromatic rings. The van der Waals surface area contributed by atoms with E-state index in [1.807, 2.05) is 6.07 Å². The van der Waals surface area contributed by atoms with Crippen LogP contribution in [0.3, 0.4) is 0 Å². The molecule has 27 heavy (non-hydrogen) atoms. The Morgan fingerprint density at radius 1 is 1.00 bits per heavy atom. The van der Waals surface area contributed by atoms with Crippen LogP contribution in [0.2, 0.25) is 0 Å². The summed E-state index contributed by atoms with van der Waals surface area (Å²) in [7, 11) is 0. The Hall–Kier alpha value is -3.12. The number of ether oxygens (including phenoxy) is 1. The molecule has 0 saturated carbocycles. The van der Waals surface area contributed by atoms with Crippen LogP contribution >= 0.6 is 0 Å². The zero-order valence-corrected chi connectivity index (χ0v) is 14.9. The maximum Gasteiger partial charge on any atom is 0.310 e. The van der Waals surface area contributed by atoms with E-state index in [-0.39, 0.29) is 11.7 Å². The van der Waals surface area contributed by atoms with Gasteiger partial charge in [0.05, 0.1) is 11.0 Å². The Kier molecular flexibility index (Phi) is 4.89. The number of hydrogen-bond acceptors (Lipinski definition) is 4. The van der Waals surface area contributed by atoms with E-state index in [4.69, 9.17) is 4.74 Å². The van der Waals surface area contributed by atoms with Crippen LogP contribution in [0.5, 0.6) is 5.75 Å². The molecule has 1 unspecified atom stereocenters. The lowest BCUT2D eigenvalue weighted by Gasteiger charge is -2.37. The predicted octanol–water partition coefficient (Wildman–Crippen LogP) is 3.88. The Bertz CT molecular complexity index is 923. The molecule has 6 heteroatoms. The van der Waals surface area contributed by atoms with Gasteiger partial charge in [0.25, 0.3) is 0 Å². The topological polar surface area (TPSA) is 60.5 Å². The molecule has 0 bridgehead atoms. The van der Waals surface area contributed by atoms with Crippen LogP contribution in [-0.4, -0.2) is 34.1 Å². The molecule has 0 radical (unpaired) electrons. The van der Waals surface area contributed by atoms with Gasteiger partial charge in [-0.25, -0.2) is 0 Å². The minimum absolute atomic E-state index is 0.00429. The van der Waals surface area contributed by atoms with E-state index < -0.39 is 4.92 Å². The number of nitrogens with zero attached hydrogens (tertiary/aromatic N) is 3. The number of nitro benzene ring substituents is 1. The molecule has 4 rings (SSSR count). The summed E-state index contributed by atoms with van der Waals surface area (Å²) in [5.41, 5.74) is 2.51. The van der Waals surface area contributed by atoms with Crippen LogP contribution in [-0.2, 0) is 6.54 Å². The van der Waals surface area contributed by atoms with Crippen molar-refractivity contribution in [3.63, 3.8) is 0 Å². The maximum absolute atomic E-state index is 11.1. The maximum atomic E-state index is 11.1. The van der Waals surface area contributed by atoms with Gasteiger partial charge in [-0.3, -0.25) is 15.0 Å². The third-order valence-corrected chi connectivity index (χ3v) is 4.95. The summed E-state index contributed by atoms with van der Waals surface area (Å²) in [5, 5.41) is 11.1. The van der Waals surface area contributed by atoms with Gasteiger partial charge in [0, 0.05) is 37.6 Å². The number of benzene rings is 2. The highest BCUT2D eigenvalue weighted by Crippen LogP contribution is 2.32. The van der Waals surface area contributed by atoms with Gasteiger partial charge in [-0.15, -0.1) is 0 Å². The number of para-hydroxylation sites is 2. The van der Waals surface area contributed by atoms with Crippen molar-refractivity contribution in [3.8, 4) is 5.75 Å². The lowest BCUT2D eigenvalue weighted by Crippen LogP contribution is -2.40. The van der Waals surface area contributed by atoms with Gasteiger partial charge in [-0.1, -0.05) is 42.5 Å². The van der Waals surface area contributed by atoms with Gasteiger partial charge in [0.1, 0.15) is 6.61 Å². The molecule has 0 spiro atoms. The van der Waals surface area contributed by atoms with E-state index in [1.54, 1.807) is 18.2 Å². The first kappa shape index (κ1) is 17.3. The second-order valence-electron chi connectivity index (χ2n) is 6.55. The molecule has 2 aromatic carbocycles. The van der Waals surface area contributed by atoms with E-state index in [2.05, 4.69) is 52.1 Å². The third-order valence-electron chi connectivity index (χ3n) is 4.95. The molecule has 0 amide bonds.